The Morgan fingerprint density at radius 1 is 0.600 bits per heavy atom. The van der Waals surface area contributed by atoms with Gasteiger partial charge in [-0.15, -0.1) is 0 Å². The zero-order valence-electron chi connectivity index (χ0n) is 13.4. The monoisotopic (exact) mass is 403 g/mol. The molecule has 0 atom stereocenters. The minimum absolute atomic E-state index is 0.320. The van der Waals surface area contributed by atoms with Crippen LogP contribution in [0.2, 0.25) is 0 Å². The van der Waals surface area contributed by atoms with Crippen LogP contribution < -0.4 is 0 Å². The molecule has 0 aliphatic carbocycles. The maximum absolute atomic E-state index is 6.71. The molecule has 1 heterocycles. The summed E-state index contributed by atoms with van der Waals surface area (Å²) in [7, 11) is 0. The normalized spacial score (nSPS) is 14.8. The van der Waals surface area contributed by atoms with Crippen LogP contribution in [0.3, 0.4) is 0 Å². The molecule has 1 aliphatic heterocycles. The van der Waals surface area contributed by atoms with Crippen molar-refractivity contribution in [1.82, 2.24) is 0 Å². The predicted octanol–water partition coefficient (Wildman–Crippen LogP) is 5.09. The number of aliphatic imine (C=N–C) groups is 1. The predicted molar refractivity (Wildman–Crippen MR) is 109 cm³/mol. The topological polar surface area (TPSA) is 12.4 Å². The summed E-state index contributed by atoms with van der Waals surface area (Å²) in [6.07, 6.45) is 0. The van der Waals surface area contributed by atoms with E-state index in [1.807, 2.05) is 30.3 Å². The Labute approximate surface area is 158 Å². The molecule has 3 aromatic carbocycles. The van der Waals surface area contributed by atoms with Gasteiger partial charge in [0.05, 0.1) is 0 Å². The van der Waals surface area contributed by atoms with Crippen LogP contribution in [0, 0.1) is 0 Å². The van der Waals surface area contributed by atoms with Gasteiger partial charge in [-0.25, -0.2) is 0 Å². The van der Waals surface area contributed by atoms with E-state index < -0.39 is 0 Å². The molecular weight excluding hydrogens is 389 g/mol. The van der Waals surface area contributed by atoms with E-state index in [1.54, 1.807) is 0 Å². The summed E-state index contributed by atoms with van der Waals surface area (Å²) in [5, 5.41) is 0. The van der Waals surface area contributed by atoms with E-state index in [0.717, 1.165) is 26.3 Å². The van der Waals surface area contributed by atoms with Crippen molar-refractivity contribution in [1.29, 1.82) is 0 Å². The van der Waals surface area contributed by atoms with Crippen LogP contribution in [0.15, 0.2) is 96.0 Å². The van der Waals surface area contributed by atoms with E-state index in [9.17, 15) is 0 Å². The van der Waals surface area contributed by atoms with Crippen LogP contribution in [-0.2, 0) is 0 Å². The van der Waals surface area contributed by atoms with Crippen molar-refractivity contribution in [3.63, 3.8) is 0 Å². The van der Waals surface area contributed by atoms with Gasteiger partial charge in [0.2, 0.25) is 0 Å². The first kappa shape index (κ1) is 16.3. The van der Waals surface area contributed by atoms with Crippen molar-refractivity contribution in [3.05, 3.63) is 108 Å². The average molecular weight is 404 g/mol. The molecule has 0 aromatic heterocycles. The van der Waals surface area contributed by atoms with Crippen LogP contribution in [0.1, 0.15) is 16.7 Å². The molecule has 0 saturated heterocycles. The number of nitrogens with zero attached hydrogens (tertiary/aromatic N) is 1. The van der Waals surface area contributed by atoms with Gasteiger partial charge in [-0.2, -0.15) is 0 Å². The van der Waals surface area contributed by atoms with Gasteiger partial charge in [0.25, 0.3) is 0 Å². The second kappa shape index (κ2) is 7.35. The van der Waals surface area contributed by atoms with Crippen molar-refractivity contribution in [2.24, 2.45) is 4.99 Å². The fourth-order valence-electron chi connectivity index (χ4n) is 2.79. The maximum atomic E-state index is 6.71. The fourth-order valence-corrected chi connectivity index (χ4v) is 5.57. The van der Waals surface area contributed by atoms with Gasteiger partial charge in [0, 0.05) is 0 Å². The first-order chi connectivity index (χ1) is 12.3. The van der Waals surface area contributed by atoms with Gasteiger partial charge in [-0.3, -0.25) is 0 Å². The molecule has 120 valence electrons. The number of benzene rings is 3. The zero-order chi connectivity index (χ0) is 17.1. The molecule has 0 saturated carbocycles. The first-order valence-corrected chi connectivity index (χ1v) is 10.3. The Morgan fingerprint density at radius 2 is 1.08 bits per heavy atom. The molecule has 1 aliphatic rings. The van der Waals surface area contributed by atoms with E-state index in [0.29, 0.717) is 0 Å². The molecule has 25 heavy (non-hydrogen) atoms. The third kappa shape index (κ3) is 3.44. The van der Waals surface area contributed by atoms with E-state index in [-0.39, 0.29) is 15.3 Å². The van der Waals surface area contributed by atoms with Gasteiger partial charge in [0.1, 0.15) is 0 Å². The molecule has 4 rings (SSSR count). The molecular formula is C22H15AsClN. The van der Waals surface area contributed by atoms with Crippen molar-refractivity contribution in [2.45, 2.75) is 0 Å². The Hall–Kier alpha value is -2.21. The summed E-state index contributed by atoms with van der Waals surface area (Å²) in [6.45, 7) is 0. The Balaban J connectivity index is 1.95. The third-order valence-corrected chi connectivity index (χ3v) is 6.92. The van der Waals surface area contributed by atoms with Crippen molar-refractivity contribution < 1.29 is 0 Å². The van der Waals surface area contributed by atoms with Gasteiger partial charge < -0.3 is 0 Å². The summed E-state index contributed by atoms with van der Waals surface area (Å²) >= 11 is 6.39. The van der Waals surface area contributed by atoms with Crippen LogP contribution in [-0.4, -0.2) is 24.8 Å². The second-order valence-electron chi connectivity index (χ2n) is 5.66. The van der Waals surface area contributed by atoms with Gasteiger partial charge >= 0.3 is 159 Å². The molecule has 0 amide bonds. The summed E-state index contributed by atoms with van der Waals surface area (Å²) < 4.78 is 2.13. The molecule has 0 radical (unpaired) electrons. The number of hydrogen-bond acceptors (Lipinski definition) is 1. The Bertz CT molecular complexity index is 974. The second-order valence-corrected chi connectivity index (χ2v) is 8.96. The average Bonchev–Trinajstić information content (AvgIpc) is 2.70. The van der Waals surface area contributed by atoms with Crippen molar-refractivity contribution in [3.8, 4) is 0 Å². The summed E-state index contributed by atoms with van der Waals surface area (Å²) in [5.74, 6) is 0. The van der Waals surface area contributed by atoms with Gasteiger partial charge in [0.15, 0.2) is 0 Å². The van der Waals surface area contributed by atoms with Gasteiger partial charge in [-0.1, -0.05) is 0 Å². The Morgan fingerprint density at radius 3 is 1.64 bits per heavy atom. The van der Waals surface area contributed by atoms with Crippen molar-refractivity contribution >= 4 is 46.4 Å². The minimum atomic E-state index is -0.320. The molecule has 0 bridgehead atoms. The van der Waals surface area contributed by atoms with E-state index >= 15 is 0 Å². The molecule has 0 spiro atoms. The standard InChI is InChI=1S/C22H15AsClN/c24-22-21(18-14-8-3-9-15-18)25-20(17-12-6-2-7-13-17)19(23-22)16-10-4-1-5-11-16/h1-15H. The molecule has 3 heteroatoms. The van der Waals surface area contributed by atoms with E-state index in [2.05, 4.69) is 60.7 Å². The SMILES string of the molecule is ClC1=[As]C(c2ccccc2)=C(c2ccccc2)N=C1c1ccccc1. The number of hydrogen-bond donors (Lipinski definition) is 0. The molecule has 0 unspecified atom stereocenters. The van der Waals surface area contributed by atoms with Gasteiger partial charge in [-0.05, 0) is 0 Å². The van der Waals surface area contributed by atoms with Crippen LogP contribution >= 0.6 is 11.6 Å². The quantitative estimate of drug-likeness (QED) is 0.540. The van der Waals surface area contributed by atoms with Crippen molar-refractivity contribution in [2.75, 3.05) is 0 Å². The molecule has 0 fully saturated rings. The fraction of sp³-hybridized carbons (Fsp3) is 0. The third-order valence-electron chi connectivity index (χ3n) is 3.99. The zero-order valence-corrected chi connectivity index (χ0v) is 16.1. The van der Waals surface area contributed by atoms with Crippen LogP contribution in [0.25, 0.3) is 10.1 Å². The molecule has 0 N–H and O–H groups in total. The summed E-state index contributed by atoms with van der Waals surface area (Å²) in [4.78, 5) is 5.01. The molecule has 3 aromatic rings. The van der Waals surface area contributed by atoms with Crippen LogP contribution in [0.5, 0.6) is 0 Å². The van der Waals surface area contributed by atoms with Crippen LogP contribution in [0.4, 0.5) is 0 Å². The Kier molecular flexibility index (Phi) is 4.78. The van der Waals surface area contributed by atoms with E-state index in [1.165, 1.54) is 9.92 Å². The number of halogens is 1. The first-order valence-electron chi connectivity index (χ1n) is 8.07. The number of rotatable bonds is 3. The summed E-state index contributed by atoms with van der Waals surface area (Å²) in [6, 6.07) is 31.0. The molecule has 1 nitrogen and oxygen atoms in total. The van der Waals surface area contributed by atoms with E-state index in [4.69, 9.17) is 16.6 Å². The summed E-state index contributed by atoms with van der Waals surface area (Å²) in [5.41, 5.74) is 5.35.